The molecule has 0 bridgehead atoms. The molecule has 1 amide bonds. The van der Waals surface area contributed by atoms with Crippen LogP contribution < -0.4 is 9.64 Å². The van der Waals surface area contributed by atoms with E-state index in [1.165, 1.54) is 5.69 Å². The van der Waals surface area contributed by atoms with Gasteiger partial charge in [-0.25, -0.2) is 0 Å². The minimum absolute atomic E-state index is 0.251. The second-order valence-corrected chi connectivity index (χ2v) is 4.88. The lowest BCUT2D eigenvalue weighted by molar-refractivity contribution is -0.131. The summed E-state index contributed by atoms with van der Waals surface area (Å²) in [5.74, 6) is 1.17. The molecule has 1 saturated heterocycles. The number of aryl methyl sites for hydroxylation is 1. The van der Waals surface area contributed by atoms with Crippen molar-refractivity contribution in [2.24, 2.45) is 0 Å². The molecule has 1 fully saturated rings. The van der Waals surface area contributed by atoms with Crippen molar-refractivity contribution in [2.75, 3.05) is 38.2 Å². The van der Waals surface area contributed by atoms with Gasteiger partial charge < -0.3 is 14.5 Å². The summed E-state index contributed by atoms with van der Waals surface area (Å²) in [4.78, 5) is 15.9. The van der Waals surface area contributed by atoms with E-state index in [2.05, 4.69) is 23.1 Å². The Morgan fingerprint density at radius 1 is 1.26 bits per heavy atom. The van der Waals surface area contributed by atoms with E-state index in [1.807, 2.05) is 18.7 Å². The Labute approximate surface area is 115 Å². The molecule has 4 heteroatoms. The van der Waals surface area contributed by atoms with Gasteiger partial charge in [-0.05, 0) is 18.6 Å². The monoisotopic (exact) mass is 262 g/mol. The summed E-state index contributed by atoms with van der Waals surface area (Å²) in [6, 6.07) is 6.28. The molecule has 0 saturated carbocycles. The maximum atomic E-state index is 11.6. The number of methoxy groups -OCH3 is 1. The van der Waals surface area contributed by atoms with Crippen molar-refractivity contribution in [2.45, 2.75) is 20.3 Å². The first kappa shape index (κ1) is 13.7. The Morgan fingerprint density at radius 3 is 2.53 bits per heavy atom. The lowest BCUT2D eigenvalue weighted by Crippen LogP contribution is -2.48. The van der Waals surface area contributed by atoms with Gasteiger partial charge in [0.15, 0.2) is 0 Å². The molecule has 0 aromatic heterocycles. The molecule has 0 spiro atoms. The summed E-state index contributed by atoms with van der Waals surface area (Å²) in [5.41, 5.74) is 2.32. The number of amides is 1. The molecular weight excluding hydrogens is 240 g/mol. The number of carbonyl (C=O) groups is 1. The summed E-state index contributed by atoms with van der Waals surface area (Å²) in [7, 11) is 1.70. The van der Waals surface area contributed by atoms with E-state index in [0.717, 1.165) is 37.5 Å². The van der Waals surface area contributed by atoms with Gasteiger partial charge in [0, 0.05) is 44.4 Å². The molecule has 1 aromatic carbocycles. The summed E-state index contributed by atoms with van der Waals surface area (Å²) in [5, 5.41) is 0. The number of carbonyl (C=O) groups excluding carboxylic acids is 1. The lowest BCUT2D eigenvalue weighted by atomic mass is 10.1. The van der Waals surface area contributed by atoms with Crippen LogP contribution in [0.3, 0.4) is 0 Å². The normalized spacial score (nSPS) is 15.5. The fraction of sp³-hybridized carbons (Fsp3) is 0.533. The van der Waals surface area contributed by atoms with Crippen LogP contribution in [0.2, 0.25) is 0 Å². The van der Waals surface area contributed by atoms with E-state index in [-0.39, 0.29) is 5.91 Å². The Bertz CT molecular complexity index is 451. The Kier molecular flexibility index (Phi) is 4.30. The van der Waals surface area contributed by atoms with E-state index in [1.54, 1.807) is 7.11 Å². The second kappa shape index (κ2) is 5.95. The molecule has 1 aromatic rings. The van der Waals surface area contributed by atoms with Gasteiger partial charge in [0.2, 0.25) is 5.91 Å². The van der Waals surface area contributed by atoms with Crippen molar-refractivity contribution in [3.63, 3.8) is 0 Å². The van der Waals surface area contributed by atoms with Crippen LogP contribution in [-0.2, 0) is 4.79 Å². The van der Waals surface area contributed by atoms with E-state index < -0.39 is 0 Å². The molecule has 0 N–H and O–H groups in total. The molecule has 104 valence electrons. The van der Waals surface area contributed by atoms with Crippen LogP contribution in [0, 0.1) is 6.92 Å². The Hall–Kier alpha value is -1.71. The minimum Gasteiger partial charge on any atom is -0.496 e. The molecule has 4 nitrogen and oxygen atoms in total. The van der Waals surface area contributed by atoms with E-state index in [9.17, 15) is 4.79 Å². The summed E-state index contributed by atoms with van der Waals surface area (Å²) in [6.45, 7) is 7.35. The van der Waals surface area contributed by atoms with Gasteiger partial charge in [-0.2, -0.15) is 0 Å². The van der Waals surface area contributed by atoms with Crippen LogP contribution in [-0.4, -0.2) is 44.1 Å². The molecule has 1 heterocycles. The summed E-state index contributed by atoms with van der Waals surface area (Å²) in [6.07, 6.45) is 0.596. The van der Waals surface area contributed by atoms with Crippen molar-refractivity contribution in [1.29, 1.82) is 0 Å². The van der Waals surface area contributed by atoms with Crippen molar-refractivity contribution in [3.05, 3.63) is 23.8 Å². The topological polar surface area (TPSA) is 32.8 Å². The third kappa shape index (κ3) is 3.00. The molecule has 0 unspecified atom stereocenters. The Balaban J connectivity index is 2.03. The number of anilines is 1. The SMILES string of the molecule is CCC(=O)N1CCN(c2ccc(C)c(OC)c2)CC1. The zero-order valence-electron chi connectivity index (χ0n) is 12.0. The zero-order chi connectivity index (χ0) is 13.8. The quantitative estimate of drug-likeness (QED) is 0.836. The molecule has 1 aliphatic heterocycles. The molecule has 0 aliphatic carbocycles. The fourth-order valence-electron chi connectivity index (χ4n) is 2.44. The van der Waals surface area contributed by atoms with Crippen LogP contribution in [0.25, 0.3) is 0 Å². The van der Waals surface area contributed by atoms with Gasteiger partial charge in [0.25, 0.3) is 0 Å². The molecule has 1 aliphatic rings. The maximum absolute atomic E-state index is 11.6. The number of piperazine rings is 1. The predicted octanol–water partition coefficient (Wildman–Crippen LogP) is 2.06. The van der Waals surface area contributed by atoms with Crippen LogP contribution in [0.15, 0.2) is 18.2 Å². The van der Waals surface area contributed by atoms with Gasteiger partial charge in [-0.15, -0.1) is 0 Å². The van der Waals surface area contributed by atoms with E-state index >= 15 is 0 Å². The van der Waals surface area contributed by atoms with E-state index in [4.69, 9.17) is 4.74 Å². The molecule has 2 rings (SSSR count). The Morgan fingerprint density at radius 2 is 1.95 bits per heavy atom. The number of hydrogen-bond donors (Lipinski definition) is 0. The highest BCUT2D eigenvalue weighted by Crippen LogP contribution is 2.25. The molecular formula is C15H22N2O2. The van der Waals surface area contributed by atoms with Gasteiger partial charge >= 0.3 is 0 Å². The van der Waals surface area contributed by atoms with Gasteiger partial charge in [-0.1, -0.05) is 13.0 Å². The summed E-state index contributed by atoms with van der Waals surface area (Å²) >= 11 is 0. The van der Waals surface area contributed by atoms with Crippen LogP contribution in [0.5, 0.6) is 5.75 Å². The minimum atomic E-state index is 0.251. The fourth-order valence-corrected chi connectivity index (χ4v) is 2.44. The number of hydrogen-bond acceptors (Lipinski definition) is 3. The second-order valence-electron chi connectivity index (χ2n) is 4.88. The van der Waals surface area contributed by atoms with Gasteiger partial charge in [0.05, 0.1) is 7.11 Å². The summed E-state index contributed by atoms with van der Waals surface area (Å²) < 4.78 is 5.36. The number of rotatable bonds is 3. The highest BCUT2D eigenvalue weighted by atomic mass is 16.5. The van der Waals surface area contributed by atoms with Gasteiger partial charge in [-0.3, -0.25) is 4.79 Å². The highest BCUT2D eigenvalue weighted by molar-refractivity contribution is 5.76. The molecule has 19 heavy (non-hydrogen) atoms. The first-order valence-corrected chi connectivity index (χ1v) is 6.83. The number of nitrogens with zero attached hydrogens (tertiary/aromatic N) is 2. The molecule has 0 radical (unpaired) electrons. The average Bonchev–Trinajstić information content (AvgIpc) is 2.47. The number of ether oxygens (including phenoxy) is 1. The van der Waals surface area contributed by atoms with Crippen molar-refractivity contribution < 1.29 is 9.53 Å². The lowest BCUT2D eigenvalue weighted by Gasteiger charge is -2.36. The van der Waals surface area contributed by atoms with Crippen molar-refractivity contribution >= 4 is 11.6 Å². The largest absolute Gasteiger partial charge is 0.496 e. The first-order chi connectivity index (χ1) is 9.15. The number of benzene rings is 1. The molecule has 0 atom stereocenters. The third-order valence-electron chi connectivity index (χ3n) is 3.69. The van der Waals surface area contributed by atoms with Crippen LogP contribution in [0.1, 0.15) is 18.9 Å². The zero-order valence-corrected chi connectivity index (χ0v) is 12.0. The predicted molar refractivity (Wildman–Crippen MR) is 76.8 cm³/mol. The third-order valence-corrected chi connectivity index (χ3v) is 3.69. The van der Waals surface area contributed by atoms with Crippen molar-refractivity contribution in [1.82, 2.24) is 4.90 Å². The smallest absolute Gasteiger partial charge is 0.222 e. The standard InChI is InChI=1S/C15H22N2O2/c1-4-15(18)17-9-7-16(8-10-17)13-6-5-12(2)14(11-13)19-3/h5-6,11H,4,7-10H2,1-3H3. The van der Waals surface area contributed by atoms with Crippen molar-refractivity contribution in [3.8, 4) is 5.75 Å². The maximum Gasteiger partial charge on any atom is 0.222 e. The van der Waals surface area contributed by atoms with Crippen LogP contribution in [0.4, 0.5) is 5.69 Å². The highest BCUT2D eigenvalue weighted by Gasteiger charge is 2.20. The average molecular weight is 262 g/mol. The van der Waals surface area contributed by atoms with E-state index in [0.29, 0.717) is 6.42 Å². The van der Waals surface area contributed by atoms with Crippen LogP contribution >= 0.6 is 0 Å². The first-order valence-electron chi connectivity index (χ1n) is 6.83. The van der Waals surface area contributed by atoms with Gasteiger partial charge in [0.1, 0.15) is 5.75 Å².